The molecule has 0 atom stereocenters. The van der Waals surface area contributed by atoms with Gasteiger partial charge in [0.1, 0.15) is 12.4 Å². The van der Waals surface area contributed by atoms with Gasteiger partial charge in [0.05, 0.1) is 26.1 Å². The number of imidazole rings is 1. The Morgan fingerprint density at radius 3 is 2.47 bits per heavy atom. The number of benzene rings is 3. The van der Waals surface area contributed by atoms with Gasteiger partial charge in [-0.2, -0.15) is 0 Å². The van der Waals surface area contributed by atoms with Crippen LogP contribution >= 0.6 is 0 Å². The molecule has 0 bridgehead atoms. The molecule has 0 fully saturated rings. The third kappa shape index (κ3) is 4.86. The Kier molecular flexibility index (Phi) is 6.60. The van der Waals surface area contributed by atoms with Crippen LogP contribution in [0, 0.1) is 0 Å². The molecular weight excluding hydrogens is 402 g/mol. The van der Waals surface area contributed by atoms with Crippen molar-refractivity contribution in [1.82, 2.24) is 9.55 Å². The molecule has 1 N–H and O–H groups in total. The Bertz CT molecular complexity index is 1170. The van der Waals surface area contributed by atoms with Crippen molar-refractivity contribution in [2.24, 2.45) is 7.05 Å². The van der Waals surface area contributed by atoms with Crippen LogP contribution in [-0.4, -0.2) is 23.8 Å². The van der Waals surface area contributed by atoms with E-state index in [1.807, 2.05) is 90.6 Å². The molecule has 4 aromatic rings. The van der Waals surface area contributed by atoms with Gasteiger partial charge >= 0.3 is 0 Å². The van der Waals surface area contributed by atoms with Gasteiger partial charge in [-0.3, -0.25) is 0 Å². The molecule has 3 aromatic carbocycles. The first-order chi connectivity index (χ1) is 15.7. The molecule has 6 nitrogen and oxygen atoms in total. The van der Waals surface area contributed by atoms with Gasteiger partial charge in [0.25, 0.3) is 0 Å². The van der Waals surface area contributed by atoms with Crippen LogP contribution in [0.4, 0.5) is 5.95 Å². The summed E-state index contributed by atoms with van der Waals surface area (Å²) in [6.45, 7) is 1.09. The van der Waals surface area contributed by atoms with E-state index in [2.05, 4.69) is 10.3 Å². The summed E-state index contributed by atoms with van der Waals surface area (Å²) in [5.74, 6) is 3.03. The number of methoxy groups -OCH3 is 2. The van der Waals surface area contributed by atoms with Crippen molar-refractivity contribution in [1.29, 1.82) is 0 Å². The summed E-state index contributed by atoms with van der Waals surface area (Å²) in [4.78, 5) is 4.55. The topological polar surface area (TPSA) is 57.5 Å². The molecule has 32 heavy (non-hydrogen) atoms. The zero-order valence-electron chi connectivity index (χ0n) is 18.5. The number of rotatable bonds is 9. The minimum atomic E-state index is 0.483. The van der Waals surface area contributed by atoms with Gasteiger partial charge in [-0.25, -0.2) is 4.98 Å². The Morgan fingerprint density at radius 2 is 1.69 bits per heavy atom. The fourth-order valence-corrected chi connectivity index (χ4v) is 3.48. The molecule has 0 spiro atoms. The smallest absolute Gasteiger partial charge is 0.203 e. The second-order valence-electron chi connectivity index (χ2n) is 7.37. The lowest BCUT2D eigenvalue weighted by molar-refractivity contribution is 0.284. The average Bonchev–Trinajstić information content (AvgIpc) is 3.22. The largest absolute Gasteiger partial charge is 0.497 e. The SMILES string of the molecule is COc1cccc(-c2cnc(NCc3ccc(OC)c(OCc4ccccc4)c3)n2C)c1. The lowest BCUT2D eigenvalue weighted by Crippen LogP contribution is -2.06. The highest BCUT2D eigenvalue weighted by Gasteiger charge is 2.11. The first kappa shape index (κ1) is 21.3. The second kappa shape index (κ2) is 9.92. The van der Waals surface area contributed by atoms with E-state index in [-0.39, 0.29) is 0 Å². The summed E-state index contributed by atoms with van der Waals surface area (Å²) in [5, 5.41) is 3.41. The predicted molar refractivity (Wildman–Crippen MR) is 126 cm³/mol. The van der Waals surface area contributed by atoms with Crippen LogP contribution in [-0.2, 0) is 20.2 Å². The highest BCUT2D eigenvalue weighted by molar-refractivity contribution is 5.63. The van der Waals surface area contributed by atoms with Crippen molar-refractivity contribution in [3.05, 3.63) is 90.1 Å². The van der Waals surface area contributed by atoms with E-state index < -0.39 is 0 Å². The van der Waals surface area contributed by atoms with Crippen molar-refractivity contribution >= 4 is 5.95 Å². The summed E-state index contributed by atoms with van der Waals surface area (Å²) in [6, 6.07) is 24.0. The minimum absolute atomic E-state index is 0.483. The zero-order valence-corrected chi connectivity index (χ0v) is 18.5. The van der Waals surface area contributed by atoms with Crippen LogP contribution in [0.2, 0.25) is 0 Å². The van der Waals surface area contributed by atoms with E-state index in [4.69, 9.17) is 14.2 Å². The second-order valence-corrected chi connectivity index (χ2v) is 7.37. The van der Waals surface area contributed by atoms with Crippen molar-refractivity contribution in [2.45, 2.75) is 13.2 Å². The molecule has 164 valence electrons. The fraction of sp³-hybridized carbons (Fsp3) is 0.192. The van der Waals surface area contributed by atoms with E-state index in [0.29, 0.717) is 24.7 Å². The monoisotopic (exact) mass is 429 g/mol. The van der Waals surface area contributed by atoms with Crippen LogP contribution in [0.5, 0.6) is 17.2 Å². The summed E-state index contributed by atoms with van der Waals surface area (Å²) in [7, 11) is 5.31. The summed E-state index contributed by atoms with van der Waals surface area (Å²) >= 11 is 0. The maximum Gasteiger partial charge on any atom is 0.203 e. The number of nitrogens with zero attached hydrogens (tertiary/aromatic N) is 2. The molecule has 0 saturated carbocycles. The third-order valence-electron chi connectivity index (χ3n) is 5.27. The quantitative estimate of drug-likeness (QED) is 0.391. The van der Waals surface area contributed by atoms with Crippen molar-refractivity contribution < 1.29 is 14.2 Å². The molecule has 4 rings (SSSR count). The van der Waals surface area contributed by atoms with Gasteiger partial charge in [-0.05, 0) is 35.4 Å². The molecule has 1 heterocycles. The molecule has 0 saturated heterocycles. The lowest BCUT2D eigenvalue weighted by atomic mass is 10.1. The zero-order chi connectivity index (χ0) is 22.3. The van der Waals surface area contributed by atoms with Crippen LogP contribution in [0.1, 0.15) is 11.1 Å². The summed E-state index contributed by atoms with van der Waals surface area (Å²) in [5.41, 5.74) is 4.23. The molecule has 1 aromatic heterocycles. The third-order valence-corrected chi connectivity index (χ3v) is 5.27. The Labute approximate surface area is 188 Å². The Balaban J connectivity index is 1.46. The number of aromatic nitrogens is 2. The molecule has 0 aliphatic carbocycles. The molecular formula is C26H27N3O3. The van der Waals surface area contributed by atoms with E-state index >= 15 is 0 Å². The van der Waals surface area contributed by atoms with Gasteiger partial charge in [0, 0.05) is 19.2 Å². The standard InChI is InChI=1S/C26H27N3O3/c1-29-23(21-10-7-11-22(15-21)30-2)17-28-26(29)27-16-20-12-13-24(31-3)25(14-20)32-18-19-8-5-4-6-9-19/h4-15,17H,16,18H2,1-3H3,(H,27,28). The van der Waals surface area contributed by atoms with Crippen LogP contribution in [0.3, 0.4) is 0 Å². The van der Waals surface area contributed by atoms with Crippen molar-refractivity contribution in [2.75, 3.05) is 19.5 Å². The van der Waals surface area contributed by atoms with Crippen molar-refractivity contribution in [3.63, 3.8) is 0 Å². The van der Waals surface area contributed by atoms with Gasteiger partial charge in [0.2, 0.25) is 5.95 Å². The molecule has 0 amide bonds. The van der Waals surface area contributed by atoms with Crippen LogP contribution in [0.25, 0.3) is 11.3 Å². The van der Waals surface area contributed by atoms with Crippen molar-refractivity contribution in [3.8, 4) is 28.5 Å². The Hall–Kier alpha value is -3.93. The number of hydrogen-bond acceptors (Lipinski definition) is 5. The Morgan fingerprint density at radius 1 is 0.844 bits per heavy atom. The number of anilines is 1. The number of hydrogen-bond donors (Lipinski definition) is 1. The first-order valence-corrected chi connectivity index (χ1v) is 10.4. The maximum absolute atomic E-state index is 6.03. The normalized spacial score (nSPS) is 10.6. The molecule has 0 radical (unpaired) electrons. The molecule has 0 unspecified atom stereocenters. The number of nitrogens with one attached hydrogen (secondary N) is 1. The van der Waals surface area contributed by atoms with E-state index in [1.54, 1.807) is 14.2 Å². The van der Waals surface area contributed by atoms with Gasteiger partial charge in [0.15, 0.2) is 11.5 Å². The minimum Gasteiger partial charge on any atom is -0.497 e. The molecule has 6 heteroatoms. The fourth-order valence-electron chi connectivity index (χ4n) is 3.48. The van der Waals surface area contributed by atoms with E-state index in [1.165, 1.54) is 0 Å². The summed E-state index contributed by atoms with van der Waals surface area (Å²) < 4.78 is 18.9. The lowest BCUT2D eigenvalue weighted by Gasteiger charge is -2.13. The number of ether oxygens (including phenoxy) is 3. The average molecular weight is 430 g/mol. The van der Waals surface area contributed by atoms with Gasteiger partial charge in [-0.1, -0.05) is 48.5 Å². The van der Waals surface area contributed by atoms with Gasteiger partial charge < -0.3 is 24.1 Å². The van der Waals surface area contributed by atoms with Crippen LogP contribution in [0.15, 0.2) is 79.0 Å². The first-order valence-electron chi connectivity index (χ1n) is 10.4. The molecule has 0 aliphatic rings. The van der Waals surface area contributed by atoms with Crippen LogP contribution < -0.4 is 19.5 Å². The summed E-state index contributed by atoms with van der Waals surface area (Å²) in [6.07, 6.45) is 1.86. The predicted octanol–water partition coefficient (Wildman–Crippen LogP) is 5.30. The maximum atomic E-state index is 6.03. The van der Waals surface area contributed by atoms with E-state index in [0.717, 1.165) is 34.1 Å². The van der Waals surface area contributed by atoms with Gasteiger partial charge in [-0.15, -0.1) is 0 Å². The highest BCUT2D eigenvalue weighted by atomic mass is 16.5. The molecule has 0 aliphatic heterocycles. The highest BCUT2D eigenvalue weighted by Crippen LogP contribution is 2.30. The van der Waals surface area contributed by atoms with E-state index in [9.17, 15) is 0 Å².